The molecule has 0 aromatic heterocycles. The fourth-order valence-electron chi connectivity index (χ4n) is 4.42. The highest BCUT2D eigenvalue weighted by Crippen LogP contribution is 2.42. The maximum Gasteiger partial charge on any atom is 0.295 e. The molecule has 1 amide bonds. The molecule has 1 heterocycles. The second-order valence-electron chi connectivity index (χ2n) is 8.76. The molecule has 0 spiro atoms. The van der Waals surface area contributed by atoms with Gasteiger partial charge < -0.3 is 24.2 Å². The number of aliphatic hydroxyl groups excluding tert-OH is 1. The number of ether oxygens (including phenoxy) is 3. The summed E-state index contributed by atoms with van der Waals surface area (Å²) in [5, 5.41) is 11.4. The number of hydrogen-bond donors (Lipinski definition) is 1. The van der Waals surface area contributed by atoms with Crippen molar-refractivity contribution in [2.45, 2.75) is 32.4 Å². The maximum atomic E-state index is 13.4. The van der Waals surface area contributed by atoms with E-state index in [1.165, 1.54) is 19.1 Å². The third-order valence-electron chi connectivity index (χ3n) is 6.33. The van der Waals surface area contributed by atoms with Gasteiger partial charge in [-0.2, -0.15) is 0 Å². The van der Waals surface area contributed by atoms with Crippen molar-refractivity contribution in [1.29, 1.82) is 0 Å². The van der Waals surface area contributed by atoms with Crippen molar-refractivity contribution in [1.82, 2.24) is 4.90 Å². The van der Waals surface area contributed by atoms with E-state index >= 15 is 0 Å². The molecule has 0 bridgehead atoms. The molecular formula is C30H31NO6. The summed E-state index contributed by atoms with van der Waals surface area (Å²) < 4.78 is 16.6. The van der Waals surface area contributed by atoms with Crippen molar-refractivity contribution in [3.8, 4) is 17.2 Å². The van der Waals surface area contributed by atoms with Crippen LogP contribution in [-0.4, -0.2) is 42.5 Å². The zero-order chi connectivity index (χ0) is 26.4. The molecule has 1 unspecified atom stereocenters. The molecule has 1 saturated heterocycles. The molecule has 1 fully saturated rings. The first kappa shape index (κ1) is 25.8. The molecule has 4 rings (SSSR count). The molecule has 0 radical (unpaired) electrons. The number of nitrogens with zero attached hydrogens (tertiary/aromatic N) is 1. The first-order chi connectivity index (χ1) is 18.0. The number of likely N-dealkylation sites (tertiary alicyclic amines) is 1. The van der Waals surface area contributed by atoms with Gasteiger partial charge in [0.15, 0.2) is 11.5 Å². The van der Waals surface area contributed by atoms with Gasteiger partial charge in [0.2, 0.25) is 0 Å². The molecule has 0 saturated carbocycles. The molecule has 1 atom stereocenters. The van der Waals surface area contributed by atoms with Gasteiger partial charge in [-0.3, -0.25) is 9.59 Å². The largest absolute Gasteiger partial charge is 0.507 e. The number of carbonyl (C=O) groups is 2. The fraction of sp³-hybridized carbons (Fsp3) is 0.267. The van der Waals surface area contributed by atoms with Crippen LogP contribution < -0.4 is 14.2 Å². The van der Waals surface area contributed by atoms with Crippen molar-refractivity contribution in [2.24, 2.45) is 0 Å². The lowest BCUT2D eigenvalue weighted by Crippen LogP contribution is -2.29. The number of benzene rings is 3. The van der Waals surface area contributed by atoms with Crippen LogP contribution in [0.1, 0.15) is 42.5 Å². The Hall–Kier alpha value is -4.26. The van der Waals surface area contributed by atoms with E-state index in [9.17, 15) is 14.7 Å². The Bertz CT molecular complexity index is 1300. The Morgan fingerprint density at radius 2 is 1.68 bits per heavy atom. The van der Waals surface area contributed by atoms with Gasteiger partial charge in [-0.15, -0.1) is 0 Å². The number of amides is 1. The highest BCUT2D eigenvalue weighted by Gasteiger charge is 2.46. The van der Waals surface area contributed by atoms with Crippen LogP contribution in [0.5, 0.6) is 17.2 Å². The van der Waals surface area contributed by atoms with E-state index in [2.05, 4.69) is 6.92 Å². The number of carbonyl (C=O) groups excluding carboxylic acids is 2. The Balaban J connectivity index is 1.83. The van der Waals surface area contributed by atoms with Gasteiger partial charge in [0.05, 0.1) is 32.4 Å². The van der Waals surface area contributed by atoms with E-state index in [0.29, 0.717) is 35.0 Å². The Morgan fingerprint density at radius 1 is 0.919 bits per heavy atom. The highest BCUT2D eigenvalue weighted by atomic mass is 16.5. The average molecular weight is 502 g/mol. The molecule has 192 valence electrons. The van der Waals surface area contributed by atoms with E-state index in [1.807, 2.05) is 30.3 Å². The van der Waals surface area contributed by atoms with Crippen LogP contribution >= 0.6 is 0 Å². The third-order valence-corrected chi connectivity index (χ3v) is 6.33. The predicted molar refractivity (Wildman–Crippen MR) is 141 cm³/mol. The summed E-state index contributed by atoms with van der Waals surface area (Å²) in [5.41, 5.74) is 1.89. The summed E-state index contributed by atoms with van der Waals surface area (Å²) in [5.74, 6) is -0.126. The number of methoxy groups -OCH3 is 2. The van der Waals surface area contributed by atoms with Crippen LogP contribution in [0.2, 0.25) is 0 Å². The summed E-state index contributed by atoms with van der Waals surface area (Å²) in [4.78, 5) is 28.2. The molecule has 3 aromatic carbocycles. The third kappa shape index (κ3) is 5.45. The van der Waals surface area contributed by atoms with E-state index in [-0.39, 0.29) is 17.9 Å². The second kappa shape index (κ2) is 11.6. The Kier molecular flexibility index (Phi) is 8.13. The van der Waals surface area contributed by atoms with Gasteiger partial charge in [-0.25, -0.2) is 0 Å². The summed E-state index contributed by atoms with van der Waals surface area (Å²) in [7, 11) is 3.06. The van der Waals surface area contributed by atoms with Crippen LogP contribution in [0.3, 0.4) is 0 Å². The van der Waals surface area contributed by atoms with E-state index in [4.69, 9.17) is 14.2 Å². The molecule has 0 aliphatic carbocycles. The number of unbranched alkanes of at least 4 members (excludes halogenated alkanes) is 1. The lowest BCUT2D eigenvalue weighted by Gasteiger charge is -2.26. The van der Waals surface area contributed by atoms with Gasteiger partial charge in [0, 0.05) is 12.1 Å². The summed E-state index contributed by atoms with van der Waals surface area (Å²) in [6.07, 6.45) is 1.90. The zero-order valence-electron chi connectivity index (χ0n) is 21.3. The zero-order valence-corrected chi connectivity index (χ0v) is 21.3. The monoisotopic (exact) mass is 501 g/mol. The Labute approximate surface area is 216 Å². The van der Waals surface area contributed by atoms with Crippen LogP contribution in [0.15, 0.2) is 78.4 Å². The quantitative estimate of drug-likeness (QED) is 0.171. The first-order valence-electron chi connectivity index (χ1n) is 12.3. The minimum Gasteiger partial charge on any atom is -0.507 e. The summed E-state index contributed by atoms with van der Waals surface area (Å²) >= 11 is 0. The Morgan fingerprint density at radius 3 is 2.38 bits per heavy atom. The number of Topliss-reactive ketones (excluding diaryl/α,β-unsaturated/α-hetero) is 1. The minimum absolute atomic E-state index is 0.0128. The molecule has 7 heteroatoms. The lowest BCUT2D eigenvalue weighted by atomic mass is 9.94. The smallest absolute Gasteiger partial charge is 0.295 e. The fourth-order valence-corrected chi connectivity index (χ4v) is 4.42. The van der Waals surface area contributed by atoms with Crippen molar-refractivity contribution in [3.05, 3.63) is 95.1 Å². The number of ketones is 1. The first-order valence-corrected chi connectivity index (χ1v) is 12.3. The van der Waals surface area contributed by atoms with Gasteiger partial charge in [0.25, 0.3) is 11.7 Å². The van der Waals surface area contributed by atoms with Gasteiger partial charge in [0.1, 0.15) is 11.5 Å². The van der Waals surface area contributed by atoms with Crippen LogP contribution in [0.25, 0.3) is 5.76 Å². The van der Waals surface area contributed by atoms with Crippen molar-refractivity contribution < 1.29 is 28.9 Å². The predicted octanol–water partition coefficient (Wildman–Crippen LogP) is 5.50. The number of rotatable bonds is 10. The van der Waals surface area contributed by atoms with Gasteiger partial charge in [-0.1, -0.05) is 61.9 Å². The van der Waals surface area contributed by atoms with Crippen molar-refractivity contribution in [3.63, 3.8) is 0 Å². The van der Waals surface area contributed by atoms with E-state index < -0.39 is 17.7 Å². The van der Waals surface area contributed by atoms with Crippen LogP contribution in [0, 0.1) is 0 Å². The van der Waals surface area contributed by atoms with Gasteiger partial charge >= 0.3 is 0 Å². The normalized spacial score (nSPS) is 16.6. The molecule has 1 N–H and O–H groups in total. The number of aliphatic hydroxyl groups is 1. The standard InChI is InChI=1S/C30H31NO6/c1-4-5-16-37-23-13-9-12-22(17-23)28(32)26-27(21-14-15-24(35-2)25(18-21)36-3)31(30(34)29(26)33)19-20-10-7-6-8-11-20/h6-15,17-18,27,32H,4-5,16,19H2,1-3H3/b28-26+. The molecule has 1 aliphatic rings. The molecular weight excluding hydrogens is 470 g/mol. The topological polar surface area (TPSA) is 85.3 Å². The van der Waals surface area contributed by atoms with Crippen LogP contribution in [0.4, 0.5) is 0 Å². The molecule has 1 aliphatic heterocycles. The van der Waals surface area contributed by atoms with Crippen molar-refractivity contribution >= 4 is 17.4 Å². The molecule has 7 nitrogen and oxygen atoms in total. The summed E-state index contributed by atoms with van der Waals surface area (Å²) in [6.45, 7) is 2.82. The van der Waals surface area contributed by atoms with E-state index in [1.54, 1.807) is 42.5 Å². The second-order valence-corrected chi connectivity index (χ2v) is 8.76. The maximum absolute atomic E-state index is 13.4. The minimum atomic E-state index is -0.829. The summed E-state index contributed by atoms with van der Waals surface area (Å²) in [6, 6.07) is 20.7. The van der Waals surface area contributed by atoms with Crippen LogP contribution in [-0.2, 0) is 16.1 Å². The lowest BCUT2D eigenvalue weighted by molar-refractivity contribution is -0.140. The molecule has 3 aromatic rings. The SMILES string of the molecule is CCCCOc1cccc(/C(O)=C2\C(=O)C(=O)N(Cc3ccccc3)C2c2ccc(OC)c(OC)c2)c1. The van der Waals surface area contributed by atoms with Gasteiger partial charge in [-0.05, 0) is 41.8 Å². The number of hydrogen-bond acceptors (Lipinski definition) is 6. The van der Waals surface area contributed by atoms with Crippen molar-refractivity contribution in [2.75, 3.05) is 20.8 Å². The highest BCUT2D eigenvalue weighted by molar-refractivity contribution is 6.46. The molecule has 37 heavy (non-hydrogen) atoms. The average Bonchev–Trinajstić information content (AvgIpc) is 3.18. The van der Waals surface area contributed by atoms with E-state index in [0.717, 1.165) is 18.4 Å².